The lowest BCUT2D eigenvalue weighted by atomic mass is 10.1. The molecule has 0 radical (unpaired) electrons. The molecule has 4 amide bonds. The van der Waals surface area contributed by atoms with Crippen molar-refractivity contribution in [2.75, 3.05) is 18.6 Å². The molecule has 2 atom stereocenters. The van der Waals surface area contributed by atoms with E-state index in [0.717, 1.165) is 5.56 Å². The standard InChI is InChI=1S/C21H29N3O6/c1-12-7-8-16(29-6)15(9-12)24-11-14(10-17(24)25)19(27)30-13(2)18(26)22-20(28)23-21(3,4)5/h7-9,13-14H,10-11H2,1-6H3,(H2,22,23,26,28)/t13-,14-/m1/s1. The van der Waals surface area contributed by atoms with Crippen LogP contribution in [0.4, 0.5) is 10.5 Å². The minimum absolute atomic E-state index is 0.0330. The Hall–Kier alpha value is -3.10. The van der Waals surface area contributed by atoms with Crippen LogP contribution in [0.1, 0.15) is 39.7 Å². The molecule has 0 unspecified atom stereocenters. The first-order chi connectivity index (χ1) is 13.9. The summed E-state index contributed by atoms with van der Waals surface area (Å²) in [6, 6.07) is 4.77. The van der Waals surface area contributed by atoms with Crippen LogP contribution in [0.3, 0.4) is 0 Å². The summed E-state index contributed by atoms with van der Waals surface area (Å²) in [5, 5.41) is 4.72. The van der Waals surface area contributed by atoms with Gasteiger partial charge in [0.2, 0.25) is 5.91 Å². The number of benzene rings is 1. The molecule has 0 aliphatic carbocycles. The Balaban J connectivity index is 1.98. The van der Waals surface area contributed by atoms with Gasteiger partial charge in [-0.25, -0.2) is 4.79 Å². The number of methoxy groups -OCH3 is 1. The van der Waals surface area contributed by atoms with E-state index in [4.69, 9.17) is 9.47 Å². The first-order valence-corrected chi connectivity index (χ1v) is 9.69. The van der Waals surface area contributed by atoms with Gasteiger partial charge >= 0.3 is 12.0 Å². The summed E-state index contributed by atoms with van der Waals surface area (Å²) >= 11 is 0. The first kappa shape index (κ1) is 23.2. The van der Waals surface area contributed by atoms with Crippen LogP contribution in [-0.4, -0.2) is 49.1 Å². The third-order valence-electron chi connectivity index (χ3n) is 4.47. The largest absolute Gasteiger partial charge is 0.495 e. The monoisotopic (exact) mass is 419 g/mol. The molecule has 2 N–H and O–H groups in total. The molecule has 1 saturated heterocycles. The molecule has 9 heteroatoms. The van der Waals surface area contributed by atoms with Crippen LogP contribution in [0, 0.1) is 12.8 Å². The molecular weight excluding hydrogens is 390 g/mol. The molecule has 0 bridgehead atoms. The quantitative estimate of drug-likeness (QED) is 0.705. The summed E-state index contributed by atoms with van der Waals surface area (Å²) in [6.07, 6.45) is -1.21. The van der Waals surface area contributed by atoms with Crippen molar-refractivity contribution < 1.29 is 28.7 Å². The second-order valence-corrected chi connectivity index (χ2v) is 8.35. The zero-order valence-electron chi connectivity index (χ0n) is 18.2. The lowest BCUT2D eigenvalue weighted by molar-refractivity contribution is -0.158. The zero-order chi connectivity index (χ0) is 22.6. The van der Waals surface area contributed by atoms with Crippen molar-refractivity contribution in [1.82, 2.24) is 10.6 Å². The maximum absolute atomic E-state index is 12.5. The fraction of sp³-hybridized carbons (Fsp3) is 0.524. The number of rotatable bonds is 5. The molecule has 0 saturated carbocycles. The van der Waals surface area contributed by atoms with E-state index in [1.807, 2.05) is 19.1 Å². The highest BCUT2D eigenvalue weighted by molar-refractivity contribution is 6.01. The summed E-state index contributed by atoms with van der Waals surface area (Å²) < 4.78 is 10.5. The Morgan fingerprint density at radius 3 is 2.50 bits per heavy atom. The molecule has 1 heterocycles. The molecule has 0 aromatic heterocycles. The smallest absolute Gasteiger partial charge is 0.321 e. The van der Waals surface area contributed by atoms with Gasteiger partial charge in [-0.1, -0.05) is 6.07 Å². The average Bonchev–Trinajstić information content (AvgIpc) is 3.01. The van der Waals surface area contributed by atoms with E-state index in [0.29, 0.717) is 11.4 Å². The zero-order valence-corrected chi connectivity index (χ0v) is 18.2. The van der Waals surface area contributed by atoms with E-state index < -0.39 is 35.5 Å². The molecule has 2 rings (SSSR count). The molecule has 0 spiro atoms. The molecule has 164 valence electrons. The van der Waals surface area contributed by atoms with Crippen molar-refractivity contribution in [3.8, 4) is 5.75 Å². The number of carbonyl (C=O) groups excluding carboxylic acids is 4. The Kier molecular flexibility index (Phi) is 7.07. The third-order valence-corrected chi connectivity index (χ3v) is 4.47. The highest BCUT2D eigenvalue weighted by atomic mass is 16.5. The number of anilines is 1. The number of imide groups is 1. The van der Waals surface area contributed by atoms with Crippen LogP contribution in [0.2, 0.25) is 0 Å². The van der Waals surface area contributed by atoms with Gasteiger partial charge in [0.15, 0.2) is 6.10 Å². The number of carbonyl (C=O) groups is 4. The van der Waals surface area contributed by atoms with Crippen LogP contribution in [0.5, 0.6) is 5.75 Å². The van der Waals surface area contributed by atoms with Gasteiger partial charge in [0.25, 0.3) is 5.91 Å². The molecular formula is C21H29N3O6. The number of nitrogens with one attached hydrogen (secondary N) is 2. The molecule has 1 aromatic carbocycles. The molecule has 9 nitrogen and oxygen atoms in total. The number of esters is 1. The fourth-order valence-electron chi connectivity index (χ4n) is 3.02. The number of amides is 4. The summed E-state index contributed by atoms with van der Waals surface area (Å²) in [6.45, 7) is 8.70. The fourth-order valence-corrected chi connectivity index (χ4v) is 3.02. The minimum atomic E-state index is -1.18. The summed E-state index contributed by atoms with van der Waals surface area (Å²) in [5.41, 5.74) is 1.01. The van der Waals surface area contributed by atoms with Gasteiger partial charge in [-0.05, 0) is 52.3 Å². The Morgan fingerprint density at radius 1 is 1.23 bits per heavy atom. The maximum atomic E-state index is 12.5. The topological polar surface area (TPSA) is 114 Å². The van der Waals surface area contributed by atoms with Crippen molar-refractivity contribution in [1.29, 1.82) is 0 Å². The number of urea groups is 1. The van der Waals surface area contributed by atoms with Gasteiger partial charge in [0, 0.05) is 18.5 Å². The van der Waals surface area contributed by atoms with Gasteiger partial charge < -0.3 is 19.7 Å². The molecule has 1 aliphatic rings. The van der Waals surface area contributed by atoms with Crippen LogP contribution >= 0.6 is 0 Å². The molecule has 1 aliphatic heterocycles. The molecule has 1 aromatic rings. The number of aryl methyl sites for hydroxylation is 1. The van der Waals surface area contributed by atoms with Crippen molar-refractivity contribution >= 4 is 29.5 Å². The Bertz CT molecular complexity index is 846. The predicted molar refractivity (Wildman–Crippen MR) is 110 cm³/mol. The van der Waals surface area contributed by atoms with Crippen molar-refractivity contribution in [2.24, 2.45) is 5.92 Å². The normalized spacial score (nSPS) is 17.3. The van der Waals surface area contributed by atoms with E-state index in [2.05, 4.69) is 10.6 Å². The lowest BCUT2D eigenvalue weighted by Crippen LogP contribution is -2.50. The third kappa shape index (κ3) is 5.95. The lowest BCUT2D eigenvalue weighted by Gasteiger charge is -2.22. The number of nitrogens with zero attached hydrogens (tertiary/aromatic N) is 1. The highest BCUT2D eigenvalue weighted by Crippen LogP contribution is 2.34. The SMILES string of the molecule is COc1ccc(C)cc1N1C[C@H](C(=O)O[C@H](C)C(=O)NC(=O)NC(C)(C)C)CC1=O. The maximum Gasteiger partial charge on any atom is 0.321 e. The van der Waals surface area contributed by atoms with Crippen molar-refractivity contribution in [3.05, 3.63) is 23.8 Å². The van der Waals surface area contributed by atoms with E-state index in [9.17, 15) is 19.2 Å². The van der Waals surface area contributed by atoms with E-state index in [-0.39, 0.29) is 18.9 Å². The highest BCUT2D eigenvalue weighted by Gasteiger charge is 2.38. The van der Waals surface area contributed by atoms with Crippen LogP contribution in [0.15, 0.2) is 18.2 Å². The molecule has 30 heavy (non-hydrogen) atoms. The van der Waals surface area contributed by atoms with E-state index in [1.165, 1.54) is 18.9 Å². The van der Waals surface area contributed by atoms with Gasteiger partial charge in [-0.3, -0.25) is 19.7 Å². The van der Waals surface area contributed by atoms with Crippen molar-refractivity contribution in [3.63, 3.8) is 0 Å². The second kappa shape index (κ2) is 9.15. The van der Waals surface area contributed by atoms with Crippen molar-refractivity contribution in [2.45, 2.75) is 52.7 Å². The van der Waals surface area contributed by atoms with Crippen LogP contribution in [-0.2, 0) is 19.1 Å². The average molecular weight is 419 g/mol. The molecule has 1 fully saturated rings. The van der Waals surface area contributed by atoms with Gasteiger partial charge in [-0.15, -0.1) is 0 Å². The number of hydrogen-bond donors (Lipinski definition) is 2. The summed E-state index contributed by atoms with van der Waals surface area (Å²) in [5.74, 6) is -1.84. The van der Waals surface area contributed by atoms with E-state index >= 15 is 0 Å². The van der Waals surface area contributed by atoms with Crippen LogP contribution in [0.25, 0.3) is 0 Å². The van der Waals surface area contributed by atoms with Gasteiger partial charge in [0.1, 0.15) is 5.75 Å². The van der Waals surface area contributed by atoms with Gasteiger partial charge in [0.05, 0.1) is 18.7 Å². The Labute approximate surface area is 176 Å². The number of ether oxygens (including phenoxy) is 2. The summed E-state index contributed by atoms with van der Waals surface area (Å²) in [7, 11) is 1.51. The second-order valence-electron chi connectivity index (χ2n) is 8.35. The number of hydrogen-bond acceptors (Lipinski definition) is 6. The predicted octanol–water partition coefficient (Wildman–Crippen LogP) is 1.91. The van der Waals surface area contributed by atoms with Crippen LogP contribution < -0.4 is 20.3 Å². The Morgan fingerprint density at radius 2 is 1.90 bits per heavy atom. The minimum Gasteiger partial charge on any atom is -0.495 e. The first-order valence-electron chi connectivity index (χ1n) is 9.69. The van der Waals surface area contributed by atoms with Gasteiger partial charge in [-0.2, -0.15) is 0 Å². The van der Waals surface area contributed by atoms with E-state index in [1.54, 1.807) is 26.8 Å². The summed E-state index contributed by atoms with van der Waals surface area (Å²) in [4.78, 5) is 50.4.